The molecule has 0 spiro atoms. The lowest BCUT2D eigenvalue weighted by Crippen LogP contribution is -2.39. The monoisotopic (exact) mass is 290 g/mol. The smallest absolute Gasteiger partial charge is 0.222 e. The summed E-state index contributed by atoms with van der Waals surface area (Å²) in [6.07, 6.45) is 1.03. The molecule has 21 heavy (non-hydrogen) atoms. The number of rotatable bonds is 6. The van der Waals surface area contributed by atoms with Gasteiger partial charge in [0, 0.05) is 38.8 Å². The lowest BCUT2D eigenvalue weighted by Gasteiger charge is -2.26. The first-order valence-corrected chi connectivity index (χ1v) is 7.74. The Morgan fingerprint density at radius 2 is 1.95 bits per heavy atom. The van der Waals surface area contributed by atoms with Crippen LogP contribution in [0, 0.1) is 0 Å². The molecule has 1 aliphatic heterocycles. The second-order valence-electron chi connectivity index (χ2n) is 6.22. The molecule has 1 heterocycles. The van der Waals surface area contributed by atoms with Crippen molar-refractivity contribution in [2.24, 2.45) is 0 Å². The molecule has 4 heteroatoms. The number of benzene rings is 1. The number of carbonyl (C=O) groups excluding carboxylic acids is 1. The van der Waals surface area contributed by atoms with Crippen LogP contribution in [0.2, 0.25) is 0 Å². The second-order valence-corrected chi connectivity index (χ2v) is 6.22. The van der Waals surface area contributed by atoms with Crippen molar-refractivity contribution in [2.75, 3.05) is 31.6 Å². The summed E-state index contributed by atoms with van der Waals surface area (Å²) in [4.78, 5) is 15.4. The minimum absolute atomic E-state index is 0.165. The van der Waals surface area contributed by atoms with Crippen LogP contribution in [0.1, 0.15) is 38.2 Å². The average Bonchev–Trinajstić information content (AvgIpc) is 2.84. The van der Waals surface area contributed by atoms with Gasteiger partial charge >= 0.3 is 0 Å². The molecule has 1 amide bonds. The zero-order chi connectivity index (χ0) is 15.4. The van der Waals surface area contributed by atoms with Crippen LogP contribution in [0.5, 0.6) is 0 Å². The fourth-order valence-corrected chi connectivity index (χ4v) is 2.74. The molecule has 0 aliphatic carbocycles. The van der Waals surface area contributed by atoms with Gasteiger partial charge in [0.25, 0.3) is 0 Å². The molecule has 1 fully saturated rings. The van der Waals surface area contributed by atoms with E-state index in [1.54, 1.807) is 4.90 Å². The van der Waals surface area contributed by atoms with Gasteiger partial charge in [0.15, 0.2) is 0 Å². The first kappa shape index (κ1) is 15.8. The van der Waals surface area contributed by atoms with Crippen molar-refractivity contribution in [1.29, 1.82) is 0 Å². The van der Waals surface area contributed by atoms with Crippen LogP contribution in [-0.2, 0) is 4.79 Å². The number of nitrogens with zero attached hydrogens (tertiary/aromatic N) is 2. The highest BCUT2D eigenvalue weighted by Crippen LogP contribution is 2.19. The van der Waals surface area contributed by atoms with Gasteiger partial charge in [-0.1, -0.05) is 26.0 Å². The van der Waals surface area contributed by atoms with Crippen LogP contribution in [0.3, 0.4) is 0 Å². The van der Waals surface area contributed by atoms with E-state index in [1.165, 1.54) is 5.56 Å². The van der Waals surface area contributed by atoms with E-state index in [-0.39, 0.29) is 5.91 Å². The number of amides is 1. The normalized spacial score (nSPS) is 16.6. The first-order chi connectivity index (χ1) is 9.97. The quantitative estimate of drug-likeness (QED) is 0.874. The summed E-state index contributed by atoms with van der Waals surface area (Å²) in [5.41, 5.74) is 2.40. The molecule has 1 aliphatic rings. The van der Waals surface area contributed by atoms with Gasteiger partial charge in [-0.15, -0.1) is 0 Å². The first-order valence-electron chi connectivity index (χ1n) is 7.74. The fraction of sp³-hybridized carbons (Fsp3) is 0.588. The SMILES string of the molecule is CC(C)c1ccc(N(C)CC(O)CN2CCCC2=O)cc1. The Bertz CT molecular complexity index is 470. The van der Waals surface area contributed by atoms with Gasteiger partial charge in [-0.2, -0.15) is 0 Å². The third-order valence-electron chi connectivity index (χ3n) is 4.09. The van der Waals surface area contributed by atoms with Crippen molar-refractivity contribution in [3.63, 3.8) is 0 Å². The molecule has 2 rings (SSSR count). The Morgan fingerprint density at radius 3 is 2.48 bits per heavy atom. The number of anilines is 1. The predicted octanol–water partition coefficient (Wildman–Crippen LogP) is 2.23. The summed E-state index contributed by atoms with van der Waals surface area (Å²) >= 11 is 0. The average molecular weight is 290 g/mol. The minimum Gasteiger partial charge on any atom is -0.389 e. The molecule has 0 radical (unpaired) electrons. The molecule has 1 N–H and O–H groups in total. The van der Waals surface area contributed by atoms with Crippen LogP contribution >= 0.6 is 0 Å². The van der Waals surface area contributed by atoms with E-state index in [0.29, 0.717) is 25.4 Å². The molecule has 1 aromatic carbocycles. The Labute approximate surface area is 127 Å². The standard InChI is InChI=1S/C17H26N2O2/c1-13(2)14-6-8-15(9-7-14)18(3)11-16(20)12-19-10-4-5-17(19)21/h6-9,13,16,20H,4-5,10-12H2,1-3H3. The summed E-state index contributed by atoms with van der Waals surface area (Å²) in [5.74, 6) is 0.689. The van der Waals surface area contributed by atoms with Gasteiger partial charge in [-0.3, -0.25) is 4.79 Å². The highest BCUT2D eigenvalue weighted by molar-refractivity contribution is 5.78. The van der Waals surface area contributed by atoms with Crippen molar-refractivity contribution in [3.8, 4) is 0 Å². The Morgan fingerprint density at radius 1 is 1.29 bits per heavy atom. The van der Waals surface area contributed by atoms with E-state index in [4.69, 9.17) is 0 Å². The summed E-state index contributed by atoms with van der Waals surface area (Å²) in [5, 5.41) is 10.2. The van der Waals surface area contributed by atoms with Gasteiger partial charge < -0.3 is 14.9 Å². The van der Waals surface area contributed by atoms with Gasteiger partial charge in [0.05, 0.1) is 6.10 Å². The Kier molecular flexibility index (Phi) is 5.23. The van der Waals surface area contributed by atoms with E-state index in [1.807, 2.05) is 11.9 Å². The molecule has 1 saturated heterocycles. The summed E-state index contributed by atoms with van der Waals surface area (Å²) in [7, 11) is 1.97. The van der Waals surface area contributed by atoms with Crippen LogP contribution < -0.4 is 4.90 Å². The van der Waals surface area contributed by atoms with E-state index < -0.39 is 6.10 Å². The van der Waals surface area contributed by atoms with Crippen molar-refractivity contribution in [3.05, 3.63) is 29.8 Å². The number of hydrogen-bond donors (Lipinski definition) is 1. The van der Waals surface area contributed by atoms with Crippen LogP contribution in [0.15, 0.2) is 24.3 Å². The topological polar surface area (TPSA) is 43.8 Å². The lowest BCUT2D eigenvalue weighted by molar-refractivity contribution is -0.128. The van der Waals surface area contributed by atoms with Crippen molar-refractivity contribution >= 4 is 11.6 Å². The van der Waals surface area contributed by atoms with E-state index in [2.05, 4.69) is 38.1 Å². The second kappa shape index (κ2) is 6.94. The maximum Gasteiger partial charge on any atom is 0.222 e. The predicted molar refractivity (Wildman–Crippen MR) is 85.6 cm³/mol. The molecule has 1 unspecified atom stereocenters. The van der Waals surface area contributed by atoms with Crippen LogP contribution in [0.25, 0.3) is 0 Å². The Hall–Kier alpha value is -1.55. The Balaban J connectivity index is 1.87. The van der Waals surface area contributed by atoms with Gasteiger partial charge in [0.1, 0.15) is 0 Å². The third-order valence-corrected chi connectivity index (χ3v) is 4.09. The minimum atomic E-state index is -0.512. The van der Waals surface area contributed by atoms with Crippen molar-refractivity contribution < 1.29 is 9.90 Å². The fourth-order valence-electron chi connectivity index (χ4n) is 2.74. The molecule has 1 atom stereocenters. The van der Waals surface area contributed by atoms with Crippen LogP contribution in [-0.4, -0.2) is 48.7 Å². The number of hydrogen-bond acceptors (Lipinski definition) is 3. The van der Waals surface area contributed by atoms with Crippen molar-refractivity contribution in [1.82, 2.24) is 4.90 Å². The van der Waals surface area contributed by atoms with Crippen molar-refractivity contribution in [2.45, 2.75) is 38.7 Å². The summed E-state index contributed by atoms with van der Waals surface area (Å²) < 4.78 is 0. The molecular formula is C17H26N2O2. The largest absolute Gasteiger partial charge is 0.389 e. The lowest BCUT2D eigenvalue weighted by atomic mass is 10.0. The number of aliphatic hydroxyl groups excluding tert-OH is 1. The molecule has 4 nitrogen and oxygen atoms in total. The number of aliphatic hydroxyl groups is 1. The number of β-amino-alcohol motifs (C(OH)–C–C–N with tert-alkyl or cyclic N) is 1. The highest BCUT2D eigenvalue weighted by Gasteiger charge is 2.23. The maximum atomic E-state index is 11.6. The zero-order valence-corrected chi connectivity index (χ0v) is 13.2. The summed E-state index contributed by atoms with van der Waals surface area (Å²) in [6.45, 7) is 6.10. The van der Waals surface area contributed by atoms with E-state index in [0.717, 1.165) is 18.7 Å². The van der Waals surface area contributed by atoms with E-state index in [9.17, 15) is 9.90 Å². The van der Waals surface area contributed by atoms with Gasteiger partial charge in [-0.05, 0) is 30.0 Å². The maximum absolute atomic E-state index is 11.6. The molecule has 0 aromatic heterocycles. The third kappa shape index (κ3) is 4.21. The molecule has 1 aromatic rings. The molecular weight excluding hydrogens is 264 g/mol. The molecule has 116 valence electrons. The summed E-state index contributed by atoms with van der Waals surface area (Å²) in [6, 6.07) is 8.44. The van der Waals surface area contributed by atoms with Gasteiger partial charge in [-0.25, -0.2) is 0 Å². The van der Waals surface area contributed by atoms with Crippen LogP contribution in [0.4, 0.5) is 5.69 Å². The number of likely N-dealkylation sites (N-methyl/N-ethyl adjacent to an activating group) is 1. The number of carbonyl (C=O) groups is 1. The van der Waals surface area contributed by atoms with Gasteiger partial charge in [0.2, 0.25) is 5.91 Å². The molecule has 0 saturated carbocycles. The van der Waals surface area contributed by atoms with E-state index >= 15 is 0 Å². The number of likely N-dealkylation sites (tertiary alicyclic amines) is 1. The zero-order valence-electron chi connectivity index (χ0n) is 13.2. The highest BCUT2D eigenvalue weighted by atomic mass is 16.3. The molecule has 0 bridgehead atoms.